The van der Waals surface area contributed by atoms with Gasteiger partial charge >= 0.3 is 0 Å². The van der Waals surface area contributed by atoms with Crippen molar-refractivity contribution in [2.24, 2.45) is 0 Å². The molecule has 1 atom stereocenters. The van der Waals surface area contributed by atoms with Crippen molar-refractivity contribution >= 4 is 0 Å². The molecule has 2 aliphatic heterocycles. The van der Waals surface area contributed by atoms with E-state index in [0.717, 1.165) is 38.3 Å². The van der Waals surface area contributed by atoms with Crippen LogP contribution in [0.3, 0.4) is 0 Å². The van der Waals surface area contributed by atoms with Crippen LogP contribution in [0.2, 0.25) is 0 Å². The highest BCUT2D eigenvalue weighted by molar-refractivity contribution is 4.97. The molecule has 6 heteroatoms. The second-order valence-electron chi connectivity index (χ2n) is 7.49. The molecule has 0 unspecified atom stereocenters. The molecule has 2 saturated heterocycles. The highest BCUT2D eigenvalue weighted by Gasteiger charge is 2.33. The molecule has 6 nitrogen and oxygen atoms in total. The quantitative estimate of drug-likeness (QED) is 0.848. The monoisotopic (exact) mass is 336 g/mol. The van der Waals surface area contributed by atoms with Gasteiger partial charge in [-0.2, -0.15) is 0 Å². The highest BCUT2D eigenvalue weighted by Crippen LogP contribution is 2.24. The Balaban J connectivity index is 1.56. The molecule has 2 fully saturated rings. The van der Waals surface area contributed by atoms with Crippen LogP contribution in [0, 0.1) is 0 Å². The molecule has 0 aliphatic carbocycles. The first-order valence-electron chi connectivity index (χ1n) is 9.39. The van der Waals surface area contributed by atoms with E-state index < -0.39 is 0 Å². The molecular weight excluding hydrogens is 304 g/mol. The molecule has 3 rings (SSSR count). The van der Waals surface area contributed by atoms with Crippen LogP contribution in [0.25, 0.3) is 0 Å². The Kier molecular flexibility index (Phi) is 6.27. The summed E-state index contributed by atoms with van der Waals surface area (Å²) in [6, 6.07) is 3.71. The van der Waals surface area contributed by atoms with Crippen LogP contribution in [0.5, 0.6) is 0 Å². The lowest BCUT2D eigenvalue weighted by Gasteiger charge is -2.48. The molecule has 0 amide bonds. The number of likely N-dealkylation sites (tertiary alicyclic amines) is 1. The number of piperazine rings is 1. The summed E-state index contributed by atoms with van der Waals surface area (Å²) in [5, 5.41) is 13.5. The molecule has 0 radical (unpaired) electrons. The van der Waals surface area contributed by atoms with Gasteiger partial charge in [-0.05, 0) is 46.2 Å². The highest BCUT2D eigenvalue weighted by atomic mass is 16.5. The van der Waals surface area contributed by atoms with Crippen molar-refractivity contribution in [2.75, 3.05) is 39.3 Å². The predicted octanol–water partition coefficient (Wildman–Crippen LogP) is 1.42. The zero-order valence-electron chi connectivity index (χ0n) is 15.1. The third-order valence-electron chi connectivity index (χ3n) is 5.65. The SMILES string of the molecule is CC(C)N1CCC(N2CCN(Cc3ccon3)C[C@H]2CCO)CC1. The average molecular weight is 336 g/mol. The predicted molar refractivity (Wildman–Crippen MR) is 93.7 cm³/mol. The van der Waals surface area contributed by atoms with Gasteiger partial charge in [0.25, 0.3) is 0 Å². The second-order valence-corrected chi connectivity index (χ2v) is 7.49. The molecule has 2 aliphatic rings. The number of aliphatic hydroxyl groups excluding tert-OH is 1. The zero-order chi connectivity index (χ0) is 16.9. The Hall–Kier alpha value is -0.950. The van der Waals surface area contributed by atoms with Gasteiger partial charge in [0.2, 0.25) is 0 Å². The lowest BCUT2D eigenvalue weighted by Crippen LogP contribution is -2.58. The first kappa shape index (κ1) is 17.9. The summed E-state index contributed by atoms with van der Waals surface area (Å²) in [4.78, 5) is 7.70. The topological polar surface area (TPSA) is 56.0 Å². The van der Waals surface area contributed by atoms with Crippen molar-refractivity contribution in [1.29, 1.82) is 0 Å². The van der Waals surface area contributed by atoms with E-state index in [1.54, 1.807) is 6.26 Å². The van der Waals surface area contributed by atoms with Crippen molar-refractivity contribution in [2.45, 2.75) is 57.8 Å². The Bertz CT molecular complexity index is 471. The third-order valence-corrected chi connectivity index (χ3v) is 5.65. The summed E-state index contributed by atoms with van der Waals surface area (Å²) in [6.45, 7) is 11.3. The van der Waals surface area contributed by atoms with E-state index in [-0.39, 0.29) is 6.61 Å². The largest absolute Gasteiger partial charge is 0.396 e. The Morgan fingerprint density at radius 1 is 1.25 bits per heavy atom. The van der Waals surface area contributed by atoms with Gasteiger partial charge in [-0.1, -0.05) is 5.16 Å². The van der Waals surface area contributed by atoms with Crippen LogP contribution in [0.1, 0.15) is 38.8 Å². The summed E-state index contributed by atoms with van der Waals surface area (Å²) >= 11 is 0. The summed E-state index contributed by atoms with van der Waals surface area (Å²) in [5.74, 6) is 0. The molecule has 0 saturated carbocycles. The van der Waals surface area contributed by atoms with Crippen molar-refractivity contribution in [3.05, 3.63) is 18.0 Å². The van der Waals surface area contributed by atoms with Crippen molar-refractivity contribution in [3.63, 3.8) is 0 Å². The molecule has 136 valence electrons. The number of piperidine rings is 1. The molecule has 0 aromatic carbocycles. The van der Waals surface area contributed by atoms with E-state index in [1.807, 2.05) is 6.07 Å². The lowest BCUT2D eigenvalue weighted by atomic mass is 9.97. The Morgan fingerprint density at radius 3 is 2.67 bits per heavy atom. The first-order valence-corrected chi connectivity index (χ1v) is 9.39. The van der Waals surface area contributed by atoms with E-state index in [4.69, 9.17) is 4.52 Å². The maximum absolute atomic E-state index is 9.51. The van der Waals surface area contributed by atoms with Gasteiger partial charge in [0, 0.05) is 57.0 Å². The third kappa shape index (κ3) is 4.36. The van der Waals surface area contributed by atoms with Gasteiger partial charge in [0.1, 0.15) is 6.26 Å². The van der Waals surface area contributed by atoms with Crippen molar-refractivity contribution in [1.82, 2.24) is 19.9 Å². The molecule has 1 N–H and O–H groups in total. The zero-order valence-corrected chi connectivity index (χ0v) is 15.1. The summed E-state index contributed by atoms with van der Waals surface area (Å²) in [6.07, 6.45) is 5.01. The standard InChI is InChI=1S/C18H32N4O2/c1-15(2)21-7-3-17(4-8-21)22-10-9-20(14-18(22)5-11-23)13-16-6-12-24-19-16/h6,12,15,17-18,23H,3-5,7-11,13-14H2,1-2H3/t18-/m1/s1. The van der Waals surface area contributed by atoms with Crippen LogP contribution in [-0.4, -0.2) is 82.4 Å². The van der Waals surface area contributed by atoms with Gasteiger partial charge in [0.05, 0.1) is 5.69 Å². The van der Waals surface area contributed by atoms with E-state index in [2.05, 4.69) is 33.7 Å². The van der Waals surface area contributed by atoms with E-state index in [9.17, 15) is 5.11 Å². The molecule has 1 aromatic heterocycles. The van der Waals surface area contributed by atoms with Crippen molar-refractivity contribution in [3.8, 4) is 0 Å². The van der Waals surface area contributed by atoms with Crippen LogP contribution in [0.15, 0.2) is 16.9 Å². The van der Waals surface area contributed by atoms with Gasteiger partial charge < -0.3 is 14.5 Å². The molecule has 0 spiro atoms. The fraction of sp³-hybridized carbons (Fsp3) is 0.833. The van der Waals surface area contributed by atoms with Crippen LogP contribution in [0.4, 0.5) is 0 Å². The van der Waals surface area contributed by atoms with E-state index in [1.165, 1.54) is 25.9 Å². The normalized spacial score (nSPS) is 25.6. The molecule has 24 heavy (non-hydrogen) atoms. The Morgan fingerprint density at radius 2 is 2.04 bits per heavy atom. The molecule has 3 heterocycles. The molecular formula is C18H32N4O2. The van der Waals surface area contributed by atoms with E-state index in [0.29, 0.717) is 18.1 Å². The minimum absolute atomic E-state index is 0.268. The number of hydrogen-bond donors (Lipinski definition) is 1. The number of aromatic nitrogens is 1. The van der Waals surface area contributed by atoms with Gasteiger partial charge in [-0.3, -0.25) is 9.80 Å². The maximum Gasteiger partial charge on any atom is 0.124 e. The summed E-state index contributed by atoms with van der Waals surface area (Å²) in [7, 11) is 0. The smallest absolute Gasteiger partial charge is 0.124 e. The minimum atomic E-state index is 0.268. The first-order chi connectivity index (χ1) is 11.7. The maximum atomic E-state index is 9.51. The molecule has 1 aromatic rings. The lowest BCUT2D eigenvalue weighted by molar-refractivity contribution is -0.000548. The van der Waals surface area contributed by atoms with Gasteiger partial charge in [0.15, 0.2) is 0 Å². The fourth-order valence-electron chi connectivity index (χ4n) is 4.25. The Labute approximate surface area is 145 Å². The van der Waals surface area contributed by atoms with Crippen LogP contribution in [-0.2, 0) is 6.54 Å². The number of aliphatic hydroxyl groups is 1. The summed E-state index contributed by atoms with van der Waals surface area (Å²) < 4.78 is 4.94. The number of nitrogens with zero attached hydrogens (tertiary/aromatic N) is 4. The minimum Gasteiger partial charge on any atom is -0.396 e. The second kappa shape index (κ2) is 8.43. The molecule has 0 bridgehead atoms. The van der Waals surface area contributed by atoms with Crippen LogP contribution < -0.4 is 0 Å². The van der Waals surface area contributed by atoms with Gasteiger partial charge in [-0.25, -0.2) is 0 Å². The number of hydrogen-bond acceptors (Lipinski definition) is 6. The summed E-state index contributed by atoms with van der Waals surface area (Å²) in [5.41, 5.74) is 0.997. The van der Waals surface area contributed by atoms with E-state index >= 15 is 0 Å². The van der Waals surface area contributed by atoms with Crippen LogP contribution >= 0.6 is 0 Å². The fourth-order valence-corrected chi connectivity index (χ4v) is 4.25. The van der Waals surface area contributed by atoms with Crippen molar-refractivity contribution < 1.29 is 9.63 Å². The number of rotatable bonds is 6. The van der Waals surface area contributed by atoms with Gasteiger partial charge in [-0.15, -0.1) is 0 Å². The average Bonchev–Trinajstić information content (AvgIpc) is 3.08.